The molecule has 14 heteroatoms. The highest BCUT2D eigenvalue weighted by atomic mass is 32.2. The van der Waals surface area contributed by atoms with Gasteiger partial charge < -0.3 is 0 Å². The third-order valence-electron chi connectivity index (χ3n) is 2.83. The molecule has 0 aliphatic carbocycles. The Bertz CT molecular complexity index is 1110. The molecule has 2 N–H and O–H groups in total. The first kappa shape index (κ1) is 18.4. The van der Waals surface area contributed by atoms with E-state index in [9.17, 15) is 43.2 Å². The van der Waals surface area contributed by atoms with Gasteiger partial charge in [-0.15, -0.1) is 0 Å². The quantitative estimate of drug-likeness (QED) is 0.349. The predicted octanol–water partition coefficient (Wildman–Crippen LogP) is 2.17. The van der Waals surface area contributed by atoms with Crippen molar-refractivity contribution in [1.29, 1.82) is 0 Å². The summed E-state index contributed by atoms with van der Waals surface area (Å²) in [6.45, 7) is 0. The molecule has 0 amide bonds. The van der Waals surface area contributed by atoms with Crippen LogP contribution in [0.5, 0.6) is 0 Å². The fourth-order valence-corrected chi connectivity index (χ4v) is 4.01. The Morgan fingerprint density at radius 3 is 1.21 bits per heavy atom. The van der Waals surface area contributed by atoms with Crippen LogP contribution in [0, 0.1) is 34.9 Å². The summed E-state index contributed by atoms with van der Waals surface area (Å²) in [7, 11) is -12.0. The van der Waals surface area contributed by atoms with Gasteiger partial charge in [0, 0.05) is 5.39 Å². The van der Waals surface area contributed by atoms with E-state index >= 15 is 0 Å². The van der Waals surface area contributed by atoms with Gasteiger partial charge in [0.15, 0.2) is 39.8 Å². The zero-order chi connectivity index (χ0) is 18.8. The summed E-state index contributed by atoms with van der Waals surface area (Å²) >= 11 is 0. The first-order valence-corrected chi connectivity index (χ1v) is 8.20. The third kappa shape index (κ3) is 2.51. The summed E-state index contributed by atoms with van der Waals surface area (Å²) in [4.78, 5) is -4.89. The molecule has 0 unspecified atom stereocenters. The molecule has 2 rings (SSSR count). The van der Waals surface area contributed by atoms with Crippen molar-refractivity contribution in [3.8, 4) is 0 Å². The molecule has 0 spiro atoms. The highest BCUT2D eigenvalue weighted by Crippen LogP contribution is 2.39. The third-order valence-corrected chi connectivity index (χ3v) is 4.78. The Balaban J connectivity index is 3.48. The van der Waals surface area contributed by atoms with Crippen LogP contribution >= 0.6 is 0 Å². The minimum atomic E-state index is -5.99. The average molecular weight is 396 g/mol. The molecule has 0 aliphatic rings. The van der Waals surface area contributed by atoms with Crippen LogP contribution in [0.15, 0.2) is 9.79 Å². The Kier molecular flexibility index (Phi) is 4.07. The molecule has 0 saturated carbocycles. The van der Waals surface area contributed by atoms with Gasteiger partial charge in [-0.1, -0.05) is 0 Å². The van der Waals surface area contributed by atoms with Gasteiger partial charge in [0.05, 0.1) is 5.39 Å². The summed E-state index contributed by atoms with van der Waals surface area (Å²) in [5.74, 6) is -16.0. The molecule has 2 aromatic rings. The Hall–Kier alpha value is -1.90. The van der Waals surface area contributed by atoms with Crippen LogP contribution in [0.4, 0.5) is 26.3 Å². The molecule has 24 heavy (non-hydrogen) atoms. The van der Waals surface area contributed by atoms with E-state index in [1.54, 1.807) is 0 Å². The number of halogens is 6. The minimum absolute atomic E-state index is 2.12. The van der Waals surface area contributed by atoms with E-state index in [4.69, 9.17) is 9.11 Å². The second-order valence-electron chi connectivity index (χ2n) is 4.24. The molecule has 0 saturated heterocycles. The minimum Gasteiger partial charge on any atom is -0.282 e. The van der Waals surface area contributed by atoms with E-state index in [2.05, 4.69) is 0 Å². The summed E-state index contributed by atoms with van der Waals surface area (Å²) in [6, 6.07) is 0. The number of hydrogen-bond donors (Lipinski definition) is 2. The van der Waals surface area contributed by atoms with Gasteiger partial charge in [-0.25, -0.2) is 26.3 Å². The first-order chi connectivity index (χ1) is 10.7. The summed E-state index contributed by atoms with van der Waals surface area (Å²) < 4.78 is 144. The van der Waals surface area contributed by atoms with Gasteiger partial charge in [-0.2, -0.15) is 16.8 Å². The number of hydrogen-bond acceptors (Lipinski definition) is 4. The molecule has 0 atom stereocenters. The molecule has 0 bridgehead atoms. The maximum absolute atomic E-state index is 13.8. The van der Waals surface area contributed by atoms with E-state index in [1.807, 2.05) is 0 Å². The van der Waals surface area contributed by atoms with Gasteiger partial charge >= 0.3 is 0 Å². The molecule has 2 aromatic carbocycles. The van der Waals surface area contributed by atoms with E-state index < -0.39 is 75.7 Å². The van der Waals surface area contributed by atoms with E-state index in [-0.39, 0.29) is 0 Å². The van der Waals surface area contributed by atoms with Gasteiger partial charge in [0.25, 0.3) is 20.2 Å². The van der Waals surface area contributed by atoms with Crippen LogP contribution in [0.2, 0.25) is 0 Å². The first-order valence-electron chi connectivity index (χ1n) is 5.32. The topological polar surface area (TPSA) is 109 Å². The fourth-order valence-electron chi connectivity index (χ4n) is 1.95. The van der Waals surface area contributed by atoms with Crippen LogP contribution in [-0.2, 0) is 20.2 Å². The summed E-state index contributed by atoms with van der Waals surface area (Å²) in [6.07, 6.45) is 0. The van der Waals surface area contributed by atoms with Crippen molar-refractivity contribution in [2.75, 3.05) is 0 Å². The van der Waals surface area contributed by atoms with Crippen molar-refractivity contribution >= 4 is 31.0 Å². The van der Waals surface area contributed by atoms with E-state index in [0.717, 1.165) is 0 Å². The molecule has 0 aliphatic heterocycles. The van der Waals surface area contributed by atoms with Crippen molar-refractivity contribution in [3.63, 3.8) is 0 Å². The Morgan fingerprint density at radius 1 is 0.500 bits per heavy atom. The van der Waals surface area contributed by atoms with Crippen LogP contribution in [-0.4, -0.2) is 25.9 Å². The maximum Gasteiger partial charge on any atom is 0.299 e. The molecule has 132 valence electrons. The van der Waals surface area contributed by atoms with Crippen LogP contribution < -0.4 is 0 Å². The van der Waals surface area contributed by atoms with Gasteiger partial charge in [0.2, 0.25) is 0 Å². The van der Waals surface area contributed by atoms with Gasteiger partial charge in [-0.05, 0) is 0 Å². The molecule has 0 aromatic heterocycles. The van der Waals surface area contributed by atoms with Gasteiger partial charge in [-0.3, -0.25) is 9.11 Å². The summed E-state index contributed by atoms with van der Waals surface area (Å²) in [5.41, 5.74) is 0. The van der Waals surface area contributed by atoms with Gasteiger partial charge in [0.1, 0.15) is 4.90 Å². The second-order valence-corrected chi connectivity index (χ2v) is 6.96. The highest BCUT2D eigenvalue weighted by molar-refractivity contribution is 7.89. The maximum atomic E-state index is 13.8. The highest BCUT2D eigenvalue weighted by Gasteiger charge is 2.38. The lowest BCUT2D eigenvalue weighted by Crippen LogP contribution is -2.16. The smallest absolute Gasteiger partial charge is 0.282 e. The number of benzene rings is 2. The molecule has 6 nitrogen and oxygen atoms in total. The Labute approximate surface area is 128 Å². The largest absolute Gasteiger partial charge is 0.299 e. The van der Waals surface area contributed by atoms with Crippen molar-refractivity contribution in [2.24, 2.45) is 0 Å². The zero-order valence-electron chi connectivity index (χ0n) is 10.6. The zero-order valence-corrected chi connectivity index (χ0v) is 12.2. The normalized spacial score (nSPS) is 12.8. The monoisotopic (exact) mass is 396 g/mol. The number of fused-ring (bicyclic) bond motifs is 1. The van der Waals surface area contributed by atoms with Crippen molar-refractivity contribution in [2.45, 2.75) is 9.79 Å². The van der Waals surface area contributed by atoms with Crippen LogP contribution in [0.3, 0.4) is 0 Å². The molecule has 0 heterocycles. The molecule has 0 fully saturated rings. The lowest BCUT2D eigenvalue weighted by Gasteiger charge is -2.13. The summed E-state index contributed by atoms with van der Waals surface area (Å²) in [5, 5.41) is -4.26. The van der Waals surface area contributed by atoms with Crippen molar-refractivity contribution < 1.29 is 52.3 Å². The van der Waals surface area contributed by atoms with Crippen LogP contribution in [0.25, 0.3) is 10.8 Å². The van der Waals surface area contributed by atoms with Crippen molar-refractivity contribution in [3.05, 3.63) is 34.9 Å². The SMILES string of the molecule is O=S(=O)(O)c1c(F)c(F)c2c(F)c(F)c(F)c(F)c2c1S(=O)(=O)O. The van der Waals surface area contributed by atoms with Crippen molar-refractivity contribution in [1.82, 2.24) is 0 Å². The number of rotatable bonds is 2. The molecular weight excluding hydrogens is 394 g/mol. The molecule has 0 radical (unpaired) electrons. The second kappa shape index (κ2) is 5.30. The lowest BCUT2D eigenvalue weighted by atomic mass is 10.1. The van der Waals surface area contributed by atoms with E-state index in [0.29, 0.717) is 0 Å². The average Bonchev–Trinajstić information content (AvgIpc) is 2.42. The Morgan fingerprint density at radius 2 is 0.833 bits per heavy atom. The fraction of sp³-hybridized carbons (Fsp3) is 0. The predicted molar refractivity (Wildman–Crippen MR) is 63.3 cm³/mol. The van der Waals surface area contributed by atoms with Crippen LogP contribution in [0.1, 0.15) is 0 Å². The lowest BCUT2D eigenvalue weighted by molar-refractivity contribution is 0.408. The standard InChI is InChI=1S/C10H2F6O6S2/c11-3-1-2(5(13)7(15)6(3)14)9(23(17,18)19)10(24(20,21)22)8(16)4(1)12/h(H,17,18,19)(H,20,21,22). The molecular formula is C10H2F6O6S2. The van der Waals surface area contributed by atoms with E-state index in [1.165, 1.54) is 0 Å².